The SMILES string of the molecule is O=c1c2ccccc2nc(SCc2cn3ccccc3n2)n1C1CCCCC1. The minimum Gasteiger partial charge on any atom is -0.307 e. The Morgan fingerprint density at radius 2 is 1.82 bits per heavy atom. The predicted molar refractivity (Wildman–Crippen MR) is 113 cm³/mol. The molecule has 1 fully saturated rings. The number of para-hydroxylation sites is 1. The minimum absolute atomic E-state index is 0.0926. The van der Waals surface area contributed by atoms with Crippen LogP contribution >= 0.6 is 11.8 Å². The van der Waals surface area contributed by atoms with E-state index in [1.165, 1.54) is 19.3 Å². The number of nitrogens with zero attached hydrogens (tertiary/aromatic N) is 4. The van der Waals surface area contributed by atoms with E-state index in [0.29, 0.717) is 11.1 Å². The molecule has 1 aromatic carbocycles. The maximum Gasteiger partial charge on any atom is 0.262 e. The van der Waals surface area contributed by atoms with Crippen LogP contribution in [0.25, 0.3) is 16.6 Å². The summed E-state index contributed by atoms with van der Waals surface area (Å²) in [4.78, 5) is 22.8. The van der Waals surface area contributed by atoms with Gasteiger partial charge in [0.05, 0.1) is 16.6 Å². The molecule has 0 aliphatic heterocycles. The number of hydrogen-bond donors (Lipinski definition) is 0. The molecule has 3 aromatic heterocycles. The highest BCUT2D eigenvalue weighted by Gasteiger charge is 2.22. The predicted octanol–water partition coefficient (Wildman–Crippen LogP) is 4.84. The van der Waals surface area contributed by atoms with Crippen LogP contribution in [0.3, 0.4) is 0 Å². The molecule has 0 amide bonds. The lowest BCUT2D eigenvalue weighted by molar-refractivity contribution is 0.326. The Morgan fingerprint density at radius 1 is 1.00 bits per heavy atom. The molecule has 4 aromatic rings. The van der Waals surface area contributed by atoms with Crippen molar-refractivity contribution in [2.24, 2.45) is 0 Å². The van der Waals surface area contributed by atoms with Crippen molar-refractivity contribution >= 4 is 28.3 Å². The number of hydrogen-bond acceptors (Lipinski definition) is 4. The number of fused-ring (bicyclic) bond motifs is 2. The third-order valence-electron chi connectivity index (χ3n) is 5.48. The van der Waals surface area contributed by atoms with Crippen molar-refractivity contribution in [2.45, 2.75) is 49.1 Å². The van der Waals surface area contributed by atoms with Gasteiger partial charge < -0.3 is 4.40 Å². The Bertz CT molecular complexity index is 1160. The maximum atomic E-state index is 13.3. The molecule has 5 nitrogen and oxygen atoms in total. The molecule has 142 valence electrons. The Morgan fingerprint density at radius 3 is 2.68 bits per heavy atom. The van der Waals surface area contributed by atoms with Gasteiger partial charge in [-0.05, 0) is 37.1 Å². The second kappa shape index (κ2) is 7.43. The number of aromatic nitrogens is 4. The van der Waals surface area contributed by atoms with Crippen LogP contribution in [0.2, 0.25) is 0 Å². The summed E-state index contributed by atoms with van der Waals surface area (Å²) >= 11 is 1.61. The van der Waals surface area contributed by atoms with Gasteiger partial charge in [0.15, 0.2) is 5.16 Å². The highest BCUT2D eigenvalue weighted by Crippen LogP contribution is 2.32. The molecule has 28 heavy (non-hydrogen) atoms. The highest BCUT2D eigenvalue weighted by molar-refractivity contribution is 7.98. The van der Waals surface area contributed by atoms with E-state index in [1.54, 1.807) is 11.8 Å². The number of rotatable bonds is 4. The lowest BCUT2D eigenvalue weighted by atomic mass is 9.95. The lowest BCUT2D eigenvalue weighted by Crippen LogP contribution is -2.29. The Hall–Kier alpha value is -2.60. The monoisotopic (exact) mass is 390 g/mol. The normalized spacial score (nSPS) is 15.4. The third kappa shape index (κ3) is 3.22. The molecule has 0 spiro atoms. The van der Waals surface area contributed by atoms with E-state index >= 15 is 0 Å². The second-order valence-electron chi connectivity index (χ2n) is 7.37. The summed E-state index contributed by atoms with van der Waals surface area (Å²) in [7, 11) is 0. The summed E-state index contributed by atoms with van der Waals surface area (Å²) in [6.45, 7) is 0. The molecule has 0 unspecified atom stereocenters. The van der Waals surface area contributed by atoms with E-state index in [4.69, 9.17) is 4.98 Å². The summed E-state index contributed by atoms with van der Waals surface area (Å²) in [6, 6.07) is 13.9. The van der Waals surface area contributed by atoms with Gasteiger partial charge in [0, 0.05) is 24.2 Å². The Kier molecular flexibility index (Phi) is 4.64. The van der Waals surface area contributed by atoms with Gasteiger partial charge in [-0.3, -0.25) is 9.36 Å². The summed E-state index contributed by atoms with van der Waals surface area (Å²) in [5, 5.41) is 1.53. The standard InChI is InChI=1S/C22H22N4OS/c27-21-18-10-4-5-11-19(18)24-22(26(21)17-8-2-1-3-9-17)28-15-16-14-25-13-7-6-12-20(25)23-16/h4-7,10-14,17H,1-3,8-9,15H2. The molecule has 3 heterocycles. The van der Waals surface area contributed by atoms with Crippen molar-refractivity contribution < 1.29 is 0 Å². The van der Waals surface area contributed by atoms with Crippen LogP contribution in [0.4, 0.5) is 0 Å². The van der Waals surface area contributed by atoms with Crippen molar-refractivity contribution in [1.29, 1.82) is 0 Å². The fraction of sp³-hybridized carbons (Fsp3) is 0.318. The van der Waals surface area contributed by atoms with E-state index < -0.39 is 0 Å². The van der Waals surface area contributed by atoms with Gasteiger partial charge in [-0.25, -0.2) is 9.97 Å². The quantitative estimate of drug-likeness (QED) is 0.369. The molecule has 0 bridgehead atoms. The van der Waals surface area contributed by atoms with Crippen molar-refractivity contribution in [3.8, 4) is 0 Å². The smallest absolute Gasteiger partial charge is 0.262 e. The van der Waals surface area contributed by atoms with Crippen LogP contribution in [0.5, 0.6) is 0 Å². The van der Waals surface area contributed by atoms with E-state index in [2.05, 4.69) is 4.98 Å². The number of imidazole rings is 1. The molecule has 6 heteroatoms. The van der Waals surface area contributed by atoms with Gasteiger partial charge in [-0.15, -0.1) is 0 Å². The average Bonchev–Trinajstić information content (AvgIpc) is 3.16. The fourth-order valence-corrected chi connectivity index (χ4v) is 5.03. The van der Waals surface area contributed by atoms with Crippen molar-refractivity contribution in [3.05, 3.63) is 70.9 Å². The molecule has 1 aliphatic carbocycles. The number of pyridine rings is 1. The van der Waals surface area contributed by atoms with Gasteiger partial charge in [0.1, 0.15) is 5.65 Å². The minimum atomic E-state index is 0.0926. The van der Waals surface area contributed by atoms with E-state index in [1.807, 2.05) is 63.8 Å². The van der Waals surface area contributed by atoms with Gasteiger partial charge in [-0.2, -0.15) is 0 Å². The summed E-state index contributed by atoms with van der Waals surface area (Å²) in [5.41, 5.74) is 2.80. The van der Waals surface area contributed by atoms with Gasteiger partial charge >= 0.3 is 0 Å². The topological polar surface area (TPSA) is 52.2 Å². The number of thioether (sulfide) groups is 1. The molecule has 1 saturated carbocycles. The Labute approximate surface area is 167 Å². The molecular weight excluding hydrogens is 368 g/mol. The van der Waals surface area contributed by atoms with Crippen LogP contribution in [0.15, 0.2) is 64.8 Å². The second-order valence-corrected chi connectivity index (χ2v) is 8.31. The molecule has 0 atom stereocenters. The highest BCUT2D eigenvalue weighted by atomic mass is 32.2. The first-order valence-electron chi connectivity index (χ1n) is 9.86. The largest absolute Gasteiger partial charge is 0.307 e. The maximum absolute atomic E-state index is 13.3. The van der Waals surface area contributed by atoms with Crippen LogP contribution in [-0.4, -0.2) is 18.9 Å². The fourth-order valence-electron chi connectivity index (χ4n) is 4.08. The molecule has 0 N–H and O–H groups in total. The van der Waals surface area contributed by atoms with Crippen molar-refractivity contribution in [1.82, 2.24) is 18.9 Å². The van der Waals surface area contributed by atoms with Crippen molar-refractivity contribution in [3.63, 3.8) is 0 Å². The zero-order valence-corrected chi connectivity index (χ0v) is 16.4. The summed E-state index contributed by atoms with van der Waals surface area (Å²) in [5.74, 6) is 0.694. The van der Waals surface area contributed by atoms with Crippen LogP contribution in [-0.2, 0) is 5.75 Å². The first kappa shape index (κ1) is 17.5. The summed E-state index contributed by atoms with van der Waals surface area (Å²) < 4.78 is 3.99. The third-order valence-corrected chi connectivity index (χ3v) is 6.46. The molecule has 5 rings (SSSR count). The van der Waals surface area contributed by atoms with E-state index in [9.17, 15) is 4.79 Å². The average molecular weight is 391 g/mol. The van der Waals surface area contributed by atoms with Crippen LogP contribution < -0.4 is 5.56 Å². The first-order valence-corrected chi connectivity index (χ1v) is 10.8. The Balaban J connectivity index is 1.53. The van der Waals surface area contributed by atoms with E-state index in [0.717, 1.165) is 34.9 Å². The molecular formula is C22H22N4OS. The van der Waals surface area contributed by atoms with Gasteiger partial charge in [-0.1, -0.05) is 49.2 Å². The van der Waals surface area contributed by atoms with Gasteiger partial charge in [0.2, 0.25) is 0 Å². The number of benzene rings is 1. The van der Waals surface area contributed by atoms with Gasteiger partial charge in [0.25, 0.3) is 5.56 Å². The molecule has 0 radical (unpaired) electrons. The molecule has 1 aliphatic rings. The zero-order valence-electron chi connectivity index (χ0n) is 15.6. The van der Waals surface area contributed by atoms with Crippen LogP contribution in [0.1, 0.15) is 43.8 Å². The van der Waals surface area contributed by atoms with Crippen LogP contribution in [0, 0.1) is 0 Å². The lowest BCUT2D eigenvalue weighted by Gasteiger charge is -2.26. The first-order chi connectivity index (χ1) is 13.8. The summed E-state index contributed by atoms with van der Waals surface area (Å²) in [6.07, 6.45) is 9.79. The molecule has 0 saturated heterocycles. The van der Waals surface area contributed by atoms with E-state index in [-0.39, 0.29) is 11.6 Å². The van der Waals surface area contributed by atoms with Crippen molar-refractivity contribution in [2.75, 3.05) is 0 Å². The zero-order chi connectivity index (χ0) is 18.9.